The smallest absolute Gasteiger partial charge is 0.308 e. The van der Waals surface area contributed by atoms with E-state index in [9.17, 15) is 18.3 Å². The van der Waals surface area contributed by atoms with Gasteiger partial charge in [-0.05, 0) is 17.7 Å². The first-order chi connectivity index (χ1) is 9.32. The van der Waals surface area contributed by atoms with Crippen LogP contribution in [-0.4, -0.2) is 44.0 Å². The molecule has 3 N–H and O–H groups in total. The average Bonchev–Trinajstić information content (AvgIpc) is 2.84. The van der Waals surface area contributed by atoms with Gasteiger partial charge in [-0.1, -0.05) is 12.1 Å². The van der Waals surface area contributed by atoms with Crippen molar-refractivity contribution in [3.05, 3.63) is 29.8 Å². The molecule has 0 aromatic heterocycles. The molecule has 8 heteroatoms. The van der Waals surface area contributed by atoms with Crippen LogP contribution in [0.1, 0.15) is 11.5 Å². The maximum Gasteiger partial charge on any atom is 0.308 e. The van der Waals surface area contributed by atoms with E-state index < -0.39 is 28.0 Å². The third-order valence-corrected chi connectivity index (χ3v) is 4.50. The van der Waals surface area contributed by atoms with Crippen molar-refractivity contribution in [1.29, 1.82) is 0 Å². The molecule has 0 radical (unpaired) electrons. The van der Waals surface area contributed by atoms with E-state index in [1.54, 1.807) is 24.3 Å². The van der Waals surface area contributed by atoms with E-state index in [-0.39, 0.29) is 13.1 Å². The Bertz CT molecular complexity index is 616. The number of rotatable bonds is 4. The van der Waals surface area contributed by atoms with Crippen molar-refractivity contribution in [3.63, 3.8) is 0 Å². The van der Waals surface area contributed by atoms with Crippen LogP contribution in [0.3, 0.4) is 0 Å². The van der Waals surface area contributed by atoms with Gasteiger partial charge < -0.3 is 9.84 Å². The molecule has 110 valence electrons. The summed E-state index contributed by atoms with van der Waals surface area (Å²) in [7, 11) is -2.37. The van der Waals surface area contributed by atoms with Crippen molar-refractivity contribution in [1.82, 2.24) is 4.31 Å². The maximum absolute atomic E-state index is 11.4. The zero-order valence-corrected chi connectivity index (χ0v) is 11.7. The summed E-state index contributed by atoms with van der Waals surface area (Å²) in [6.07, 6.45) is 0. The third-order valence-electron chi connectivity index (χ3n) is 3.49. The summed E-state index contributed by atoms with van der Waals surface area (Å²) >= 11 is 0. The molecule has 0 amide bonds. The molecule has 0 bridgehead atoms. The zero-order chi connectivity index (χ0) is 14.9. The van der Waals surface area contributed by atoms with Crippen LogP contribution in [0.4, 0.5) is 0 Å². The minimum Gasteiger partial charge on any atom is -0.497 e. The van der Waals surface area contributed by atoms with Crippen molar-refractivity contribution in [2.45, 2.75) is 5.92 Å². The van der Waals surface area contributed by atoms with E-state index in [4.69, 9.17) is 9.88 Å². The van der Waals surface area contributed by atoms with Gasteiger partial charge in [0.25, 0.3) is 10.2 Å². The minimum atomic E-state index is -3.89. The lowest BCUT2D eigenvalue weighted by molar-refractivity contribution is -0.141. The molecule has 7 nitrogen and oxygen atoms in total. The summed E-state index contributed by atoms with van der Waals surface area (Å²) in [4.78, 5) is 11.3. The normalized spacial score (nSPS) is 23.7. The van der Waals surface area contributed by atoms with Crippen molar-refractivity contribution >= 4 is 16.2 Å². The molecule has 1 fully saturated rings. The second kappa shape index (κ2) is 5.39. The highest BCUT2D eigenvalue weighted by Crippen LogP contribution is 2.35. The summed E-state index contributed by atoms with van der Waals surface area (Å²) in [5, 5.41) is 14.3. The molecule has 0 saturated carbocycles. The maximum atomic E-state index is 11.4. The third kappa shape index (κ3) is 2.92. The molecular formula is C12H16N2O5S. The lowest BCUT2D eigenvalue weighted by atomic mass is 9.89. The fourth-order valence-electron chi connectivity index (χ4n) is 2.44. The van der Waals surface area contributed by atoms with Gasteiger partial charge in [0.15, 0.2) is 0 Å². The number of methoxy groups -OCH3 is 1. The second-order valence-corrected chi connectivity index (χ2v) is 6.24. The molecule has 1 aromatic rings. The van der Waals surface area contributed by atoms with E-state index in [1.807, 2.05) is 0 Å². The Morgan fingerprint density at radius 3 is 2.70 bits per heavy atom. The zero-order valence-electron chi connectivity index (χ0n) is 10.9. The van der Waals surface area contributed by atoms with Gasteiger partial charge in [-0.25, -0.2) is 5.14 Å². The number of carboxylic acids is 1. The van der Waals surface area contributed by atoms with Gasteiger partial charge in [-0.3, -0.25) is 4.79 Å². The minimum absolute atomic E-state index is 0.0585. The van der Waals surface area contributed by atoms with Gasteiger partial charge >= 0.3 is 5.97 Å². The fraction of sp³-hybridized carbons (Fsp3) is 0.417. The summed E-state index contributed by atoms with van der Waals surface area (Å²) in [5.41, 5.74) is 0.725. The van der Waals surface area contributed by atoms with E-state index in [2.05, 4.69) is 0 Å². The van der Waals surface area contributed by atoms with Crippen LogP contribution in [0.5, 0.6) is 5.75 Å². The molecule has 2 rings (SSSR count). The standard InChI is InChI=1S/C12H16N2O5S/c1-19-9-4-2-3-8(5-9)10-6-14(20(13,17)18)7-11(10)12(15)16/h2-5,10-11H,6-7H2,1H3,(H,15,16)(H2,13,17,18)/t10-,11+/m0/s1. The Morgan fingerprint density at radius 2 is 2.15 bits per heavy atom. The van der Waals surface area contributed by atoms with Crippen LogP contribution < -0.4 is 9.88 Å². The van der Waals surface area contributed by atoms with Crippen molar-refractivity contribution in [2.24, 2.45) is 11.1 Å². The quantitative estimate of drug-likeness (QED) is 0.813. The first kappa shape index (κ1) is 14.8. The van der Waals surface area contributed by atoms with E-state index >= 15 is 0 Å². The number of nitrogens with two attached hydrogens (primary N) is 1. The van der Waals surface area contributed by atoms with Gasteiger partial charge in [0, 0.05) is 19.0 Å². The fourth-order valence-corrected chi connectivity index (χ4v) is 3.17. The number of hydrogen-bond donors (Lipinski definition) is 2. The Balaban J connectivity index is 2.35. The largest absolute Gasteiger partial charge is 0.497 e. The summed E-state index contributed by atoms with van der Waals surface area (Å²) in [6.45, 7) is -0.0565. The SMILES string of the molecule is COc1cccc([C@@H]2CN(S(N)(=O)=O)C[C@H]2C(=O)O)c1. The average molecular weight is 300 g/mol. The van der Waals surface area contributed by atoms with Crippen LogP contribution in [0.2, 0.25) is 0 Å². The number of aliphatic carboxylic acids is 1. The number of ether oxygens (including phenoxy) is 1. The molecular weight excluding hydrogens is 284 g/mol. The Labute approximate surface area is 117 Å². The number of nitrogens with zero attached hydrogens (tertiary/aromatic N) is 1. The summed E-state index contributed by atoms with van der Waals surface area (Å²) in [5.74, 6) is -1.70. The first-order valence-electron chi connectivity index (χ1n) is 5.97. The van der Waals surface area contributed by atoms with Gasteiger partial charge in [-0.2, -0.15) is 12.7 Å². The molecule has 20 heavy (non-hydrogen) atoms. The predicted octanol–water partition coefficient (Wildman–Crippen LogP) is -0.00130. The molecule has 0 spiro atoms. The van der Waals surface area contributed by atoms with E-state index in [1.165, 1.54) is 7.11 Å². The van der Waals surface area contributed by atoms with Gasteiger partial charge in [-0.15, -0.1) is 0 Å². The summed E-state index contributed by atoms with van der Waals surface area (Å²) in [6, 6.07) is 6.96. The Hall–Kier alpha value is -1.64. The highest BCUT2D eigenvalue weighted by molar-refractivity contribution is 7.86. The number of hydrogen-bond acceptors (Lipinski definition) is 4. The molecule has 0 aliphatic carbocycles. The summed E-state index contributed by atoms with van der Waals surface area (Å²) < 4.78 is 28.9. The lowest BCUT2D eigenvalue weighted by Crippen LogP contribution is -2.35. The van der Waals surface area contributed by atoms with Gasteiger partial charge in [0.1, 0.15) is 5.75 Å². The number of benzene rings is 1. The van der Waals surface area contributed by atoms with Crippen LogP contribution >= 0.6 is 0 Å². The Kier molecular flexibility index (Phi) is 3.98. The van der Waals surface area contributed by atoms with Gasteiger partial charge in [0.2, 0.25) is 0 Å². The van der Waals surface area contributed by atoms with Crippen molar-refractivity contribution in [3.8, 4) is 5.75 Å². The van der Waals surface area contributed by atoms with E-state index in [0.29, 0.717) is 5.75 Å². The Morgan fingerprint density at radius 1 is 1.45 bits per heavy atom. The second-order valence-electron chi connectivity index (χ2n) is 4.69. The molecule has 1 aliphatic heterocycles. The van der Waals surface area contributed by atoms with Crippen molar-refractivity contribution < 1.29 is 23.1 Å². The molecule has 1 aliphatic rings. The lowest BCUT2D eigenvalue weighted by Gasteiger charge is -2.15. The van der Waals surface area contributed by atoms with Crippen LogP contribution in [0.15, 0.2) is 24.3 Å². The number of carbonyl (C=O) groups is 1. The highest BCUT2D eigenvalue weighted by atomic mass is 32.2. The molecule has 0 unspecified atom stereocenters. The van der Waals surface area contributed by atoms with Crippen LogP contribution in [0.25, 0.3) is 0 Å². The first-order valence-corrected chi connectivity index (χ1v) is 7.48. The molecule has 1 heterocycles. The van der Waals surface area contributed by atoms with Gasteiger partial charge in [0.05, 0.1) is 13.0 Å². The molecule has 1 aromatic carbocycles. The molecule has 2 atom stereocenters. The van der Waals surface area contributed by atoms with Crippen LogP contribution in [0, 0.1) is 5.92 Å². The number of carboxylic acid groups (broad SMARTS) is 1. The predicted molar refractivity (Wildman–Crippen MR) is 71.5 cm³/mol. The van der Waals surface area contributed by atoms with E-state index in [0.717, 1.165) is 9.87 Å². The van der Waals surface area contributed by atoms with Crippen molar-refractivity contribution in [2.75, 3.05) is 20.2 Å². The molecule has 1 saturated heterocycles. The topological polar surface area (TPSA) is 110 Å². The monoisotopic (exact) mass is 300 g/mol. The van der Waals surface area contributed by atoms with Crippen LogP contribution in [-0.2, 0) is 15.0 Å². The highest BCUT2D eigenvalue weighted by Gasteiger charge is 2.42.